The maximum atomic E-state index is 12.4. The first-order valence-electron chi connectivity index (χ1n) is 11.6. The van der Waals surface area contributed by atoms with Gasteiger partial charge in [0.15, 0.2) is 0 Å². The Morgan fingerprint density at radius 3 is 2.24 bits per heavy atom. The third-order valence-electron chi connectivity index (χ3n) is 5.12. The van der Waals surface area contributed by atoms with Crippen LogP contribution in [0, 0.1) is 0 Å². The Morgan fingerprint density at radius 2 is 1.62 bits per heavy atom. The molecular weight excluding hydrogens is 516 g/mol. The van der Waals surface area contributed by atoms with Gasteiger partial charge in [-0.25, -0.2) is 13.1 Å². The van der Waals surface area contributed by atoms with E-state index < -0.39 is 22.0 Å². The number of benzene rings is 3. The average Bonchev–Trinajstić information content (AvgIpc) is 2.83. The minimum atomic E-state index is -3.70. The number of nitrogens with one attached hydrogen (secondary N) is 2. The van der Waals surface area contributed by atoms with Crippen LogP contribution in [0.25, 0.3) is 11.1 Å². The maximum Gasteiger partial charge on any atom is 0.268 e. The highest BCUT2D eigenvalue weighted by atomic mass is 35.5. The van der Waals surface area contributed by atoms with Crippen molar-refractivity contribution in [2.24, 2.45) is 0 Å². The van der Waals surface area contributed by atoms with E-state index in [0.29, 0.717) is 31.2 Å². The van der Waals surface area contributed by atoms with Crippen molar-refractivity contribution in [2.75, 3.05) is 26.0 Å². The largest absolute Gasteiger partial charge is 0.492 e. The second-order valence-electron chi connectivity index (χ2n) is 8.58. The van der Waals surface area contributed by atoms with Crippen LogP contribution in [0.2, 0.25) is 0 Å². The van der Waals surface area contributed by atoms with Crippen molar-refractivity contribution in [1.29, 1.82) is 0 Å². The van der Waals surface area contributed by atoms with Crippen LogP contribution in [0.1, 0.15) is 35.9 Å². The van der Waals surface area contributed by atoms with E-state index >= 15 is 0 Å². The summed E-state index contributed by atoms with van der Waals surface area (Å²) >= 11 is 0. The zero-order valence-electron chi connectivity index (χ0n) is 21.0. The molecule has 0 unspecified atom stereocenters. The fourth-order valence-corrected chi connectivity index (χ4v) is 3.93. The Hall–Kier alpha value is -3.11. The second-order valence-corrected chi connectivity index (χ2v) is 10.3. The van der Waals surface area contributed by atoms with Crippen LogP contribution in [0.4, 0.5) is 0 Å². The van der Waals surface area contributed by atoms with Gasteiger partial charge in [0.2, 0.25) is 10.0 Å². The number of aliphatic hydroxyl groups excluding tert-OH is 1. The lowest BCUT2D eigenvalue weighted by atomic mass is 10.0. The van der Waals surface area contributed by atoms with Crippen LogP contribution in [0.5, 0.6) is 11.5 Å². The fraction of sp³-hybridized carbons (Fsp3) is 0.296. The van der Waals surface area contributed by atoms with E-state index in [1.54, 1.807) is 18.2 Å². The van der Waals surface area contributed by atoms with Gasteiger partial charge in [0.25, 0.3) is 5.91 Å². The zero-order valence-corrected chi connectivity index (χ0v) is 22.6. The number of halogens is 1. The molecule has 0 radical (unpaired) electrons. The molecule has 0 aliphatic rings. The van der Waals surface area contributed by atoms with Crippen LogP contribution < -0.4 is 19.5 Å². The van der Waals surface area contributed by atoms with Crippen LogP contribution in [0.3, 0.4) is 0 Å². The third-order valence-corrected chi connectivity index (χ3v) is 5.68. The molecule has 0 aliphatic heterocycles. The molecule has 0 aliphatic carbocycles. The molecule has 0 aromatic heterocycles. The summed E-state index contributed by atoms with van der Waals surface area (Å²) in [6.07, 6.45) is 0.151. The van der Waals surface area contributed by atoms with Crippen LogP contribution in [-0.4, -0.2) is 51.5 Å². The maximum absolute atomic E-state index is 12.4. The van der Waals surface area contributed by atoms with Crippen molar-refractivity contribution in [1.82, 2.24) is 10.0 Å². The monoisotopic (exact) mass is 548 g/mol. The van der Waals surface area contributed by atoms with Gasteiger partial charge >= 0.3 is 0 Å². The lowest BCUT2D eigenvalue weighted by molar-refractivity contribution is 0.0976. The molecule has 1 amide bonds. The molecule has 200 valence electrons. The zero-order chi connectivity index (χ0) is 26.1. The van der Waals surface area contributed by atoms with E-state index in [0.717, 1.165) is 22.9 Å². The Labute approximate surface area is 224 Å². The van der Waals surface area contributed by atoms with Crippen molar-refractivity contribution in [3.8, 4) is 22.6 Å². The number of hydrogen-bond acceptors (Lipinski definition) is 7. The molecule has 3 rings (SSSR count). The highest BCUT2D eigenvalue weighted by Crippen LogP contribution is 2.29. The molecule has 3 aromatic rings. The molecule has 0 saturated heterocycles. The van der Waals surface area contributed by atoms with Gasteiger partial charge in [0.1, 0.15) is 18.1 Å². The number of rotatable bonds is 12. The molecule has 10 heteroatoms. The molecular formula is C27H33ClN2O6S. The number of hydrogen-bond donors (Lipinski definition) is 3. The predicted molar refractivity (Wildman–Crippen MR) is 147 cm³/mol. The normalized spacial score (nSPS) is 11.9. The van der Waals surface area contributed by atoms with E-state index in [1.165, 1.54) is 0 Å². The topological polar surface area (TPSA) is 114 Å². The molecule has 8 nitrogen and oxygen atoms in total. The molecule has 0 spiro atoms. The smallest absolute Gasteiger partial charge is 0.268 e. The SMILES string of the molecule is CC(C)Oc1cc(-c2ccc(OCCNC[C@@H](O)c3ccccc3)cc2)ccc1C(=O)NS(C)(=O)=O.Cl. The summed E-state index contributed by atoms with van der Waals surface area (Å²) in [6, 6.07) is 22.0. The van der Waals surface area contributed by atoms with Crippen molar-refractivity contribution in [2.45, 2.75) is 26.1 Å². The Bertz CT molecular complexity index is 1250. The summed E-state index contributed by atoms with van der Waals surface area (Å²) in [6.45, 7) is 5.11. The molecule has 0 bridgehead atoms. The summed E-state index contributed by atoms with van der Waals surface area (Å²) in [5.74, 6) is 0.257. The van der Waals surface area contributed by atoms with Gasteiger partial charge in [-0.2, -0.15) is 0 Å². The number of amides is 1. The van der Waals surface area contributed by atoms with E-state index in [9.17, 15) is 18.3 Å². The predicted octanol–water partition coefficient (Wildman–Crippen LogP) is 3.95. The lowest BCUT2D eigenvalue weighted by Crippen LogP contribution is -2.30. The molecule has 0 fully saturated rings. The third kappa shape index (κ3) is 9.70. The average molecular weight is 549 g/mol. The Kier molecular flexibility index (Phi) is 11.4. The highest BCUT2D eigenvalue weighted by Gasteiger charge is 2.18. The number of sulfonamides is 1. The highest BCUT2D eigenvalue weighted by molar-refractivity contribution is 7.89. The fourth-order valence-electron chi connectivity index (χ4n) is 3.48. The first-order valence-corrected chi connectivity index (χ1v) is 13.5. The lowest BCUT2D eigenvalue weighted by Gasteiger charge is -2.16. The number of carbonyl (C=O) groups excluding carboxylic acids is 1. The van der Waals surface area contributed by atoms with Crippen LogP contribution >= 0.6 is 12.4 Å². The summed E-state index contributed by atoms with van der Waals surface area (Å²) in [5.41, 5.74) is 2.70. The quantitative estimate of drug-likeness (QED) is 0.294. The molecule has 37 heavy (non-hydrogen) atoms. The minimum Gasteiger partial charge on any atom is -0.492 e. The van der Waals surface area contributed by atoms with Crippen molar-refractivity contribution in [3.63, 3.8) is 0 Å². The number of carbonyl (C=O) groups is 1. The molecule has 1 atom stereocenters. The number of ether oxygens (including phenoxy) is 2. The first-order chi connectivity index (χ1) is 17.1. The molecule has 3 N–H and O–H groups in total. The van der Waals surface area contributed by atoms with Gasteiger partial charge in [-0.1, -0.05) is 48.5 Å². The van der Waals surface area contributed by atoms with E-state index in [-0.39, 0.29) is 24.1 Å². The van der Waals surface area contributed by atoms with Gasteiger partial charge in [-0.05, 0) is 54.8 Å². The van der Waals surface area contributed by atoms with Gasteiger partial charge in [0, 0.05) is 13.1 Å². The van der Waals surface area contributed by atoms with E-state index in [1.807, 2.05) is 73.2 Å². The van der Waals surface area contributed by atoms with Gasteiger partial charge in [0.05, 0.1) is 24.0 Å². The minimum absolute atomic E-state index is 0. The van der Waals surface area contributed by atoms with Crippen LogP contribution in [-0.2, 0) is 10.0 Å². The summed E-state index contributed by atoms with van der Waals surface area (Å²) in [4.78, 5) is 12.4. The standard InChI is InChI=1S/C27H32N2O6S.ClH/c1-19(2)35-26-17-22(11-14-24(26)27(31)29-36(3,32)33)20-9-12-23(13-10-20)34-16-15-28-18-25(30)21-7-5-4-6-8-21;/h4-14,17,19,25,28,30H,15-16,18H2,1-3H3,(H,29,31);1H/t25-;/m1./s1. The van der Waals surface area contributed by atoms with Crippen LogP contribution in [0.15, 0.2) is 72.8 Å². The van der Waals surface area contributed by atoms with Gasteiger partial charge in [-0.15, -0.1) is 12.4 Å². The van der Waals surface area contributed by atoms with Crippen molar-refractivity contribution in [3.05, 3.63) is 83.9 Å². The second kappa shape index (κ2) is 14.0. The summed E-state index contributed by atoms with van der Waals surface area (Å²) < 4.78 is 36.5. The van der Waals surface area contributed by atoms with E-state index in [2.05, 4.69) is 5.32 Å². The van der Waals surface area contributed by atoms with E-state index in [4.69, 9.17) is 9.47 Å². The Balaban J connectivity index is 0.00000481. The first kappa shape index (κ1) is 30.1. The molecule has 3 aromatic carbocycles. The molecule has 0 heterocycles. The van der Waals surface area contributed by atoms with Gasteiger partial charge < -0.3 is 19.9 Å². The summed E-state index contributed by atoms with van der Waals surface area (Å²) in [5, 5.41) is 13.4. The molecule has 0 saturated carbocycles. The summed E-state index contributed by atoms with van der Waals surface area (Å²) in [7, 11) is -3.70. The Morgan fingerprint density at radius 1 is 0.973 bits per heavy atom. The van der Waals surface area contributed by atoms with Crippen molar-refractivity contribution < 1.29 is 27.8 Å². The van der Waals surface area contributed by atoms with Crippen molar-refractivity contribution >= 4 is 28.3 Å². The van der Waals surface area contributed by atoms with Gasteiger partial charge in [-0.3, -0.25) is 4.79 Å². The number of aliphatic hydroxyl groups is 1.